The first-order valence-corrected chi connectivity index (χ1v) is 6.83. The van der Waals surface area contributed by atoms with E-state index in [1.54, 1.807) is 6.07 Å². The van der Waals surface area contributed by atoms with Gasteiger partial charge in [-0.2, -0.15) is 0 Å². The Hall–Kier alpha value is -1.78. The van der Waals surface area contributed by atoms with Crippen molar-refractivity contribution in [3.8, 4) is 0 Å². The average molecular weight is 289 g/mol. The Labute approximate surface area is 119 Å². The molecule has 2 aromatic carbocycles. The van der Waals surface area contributed by atoms with E-state index in [2.05, 4.69) is 9.97 Å². The SMILES string of the molecule is O=Cc1c(Cl)cccc1Sc1nc2ccccc2[nH]1. The van der Waals surface area contributed by atoms with Gasteiger partial charge in [0.1, 0.15) is 0 Å². The Morgan fingerprint density at radius 3 is 2.79 bits per heavy atom. The summed E-state index contributed by atoms with van der Waals surface area (Å²) in [6.07, 6.45) is 0.771. The number of rotatable bonds is 3. The van der Waals surface area contributed by atoms with Crippen LogP contribution in [0.4, 0.5) is 0 Å². The summed E-state index contributed by atoms with van der Waals surface area (Å²) in [6, 6.07) is 13.2. The van der Waals surface area contributed by atoms with Crippen LogP contribution in [-0.4, -0.2) is 16.3 Å². The number of aromatic amines is 1. The fraction of sp³-hybridized carbons (Fsp3) is 0. The van der Waals surface area contributed by atoms with Crippen LogP contribution in [0.1, 0.15) is 10.4 Å². The monoisotopic (exact) mass is 288 g/mol. The number of halogens is 1. The summed E-state index contributed by atoms with van der Waals surface area (Å²) in [4.78, 5) is 19.5. The minimum atomic E-state index is 0.455. The number of H-pyrrole nitrogens is 1. The van der Waals surface area contributed by atoms with Crippen molar-refractivity contribution in [2.24, 2.45) is 0 Å². The molecule has 0 fully saturated rings. The molecule has 19 heavy (non-hydrogen) atoms. The highest BCUT2D eigenvalue weighted by Gasteiger charge is 2.10. The van der Waals surface area contributed by atoms with Crippen LogP contribution in [0.5, 0.6) is 0 Å². The minimum absolute atomic E-state index is 0.455. The minimum Gasteiger partial charge on any atom is -0.333 e. The molecule has 0 spiro atoms. The zero-order valence-electron chi connectivity index (χ0n) is 9.76. The third-order valence-electron chi connectivity index (χ3n) is 2.71. The molecule has 1 heterocycles. The quantitative estimate of drug-likeness (QED) is 0.735. The Balaban J connectivity index is 2.01. The lowest BCUT2D eigenvalue weighted by Crippen LogP contribution is -1.87. The third-order valence-corrected chi connectivity index (χ3v) is 4.00. The maximum absolute atomic E-state index is 11.1. The lowest BCUT2D eigenvalue weighted by molar-refractivity contribution is 0.112. The van der Waals surface area contributed by atoms with Crippen molar-refractivity contribution in [1.82, 2.24) is 9.97 Å². The number of fused-ring (bicyclic) bond motifs is 1. The van der Waals surface area contributed by atoms with Gasteiger partial charge in [-0.25, -0.2) is 4.98 Å². The van der Waals surface area contributed by atoms with Gasteiger partial charge in [-0.3, -0.25) is 4.79 Å². The number of aldehydes is 1. The normalized spacial score (nSPS) is 10.8. The van der Waals surface area contributed by atoms with Crippen molar-refractivity contribution in [3.05, 3.63) is 53.1 Å². The second kappa shape index (κ2) is 5.07. The number of benzene rings is 2. The number of para-hydroxylation sites is 2. The highest BCUT2D eigenvalue weighted by atomic mass is 35.5. The fourth-order valence-electron chi connectivity index (χ4n) is 1.80. The van der Waals surface area contributed by atoms with Gasteiger partial charge < -0.3 is 4.98 Å². The molecule has 5 heteroatoms. The highest BCUT2D eigenvalue weighted by molar-refractivity contribution is 7.99. The Bertz CT molecular complexity index is 721. The van der Waals surface area contributed by atoms with E-state index < -0.39 is 0 Å². The lowest BCUT2D eigenvalue weighted by atomic mass is 10.2. The van der Waals surface area contributed by atoms with Gasteiger partial charge in [-0.15, -0.1) is 0 Å². The number of imidazole rings is 1. The van der Waals surface area contributed by atoms with Crippen molar-refractivity contribution in [2.45, 2.75) is 10.1 Å². The summed E-state index contributed by atoms with van der Waals surface area (Å²) in [5.74, 6) is 0. The maximum atomic E-state index is 11.1. The van der Waals surface area contributed by atoms with Gasteiger partial charge in [0.15, 0.2) is 11.4 Å². The number of nitrogens with one attached hydrogen (secondary N) is 1. The molecule has 0 aliphatic heterocycles. The molecule has 0 saturated carbocycles. The first kappa shape index (κ1) is 12.3. The summed E-state index contributed by atoms with van der Waals surface area (Å²) in [7, 11) is 0. The van der Waals surface area contributed by atoms with Crippen LogP contribution < -0.4 is 0 Å². The second-order valence-corrected chi connectivity index (χ2v) is 5.37. The van der Waals surface area contributed by atoms with Crippen molar-refractivity contribution >= 4 is 40.7 Å². The van der Waals surface area contributed by atoms with Gasteiger partial charge in [-0.05, 0) is 24.3 Å². The number of carbonyl (C=O) groups is 1. The smallest absolute Gasteiger partial charge is 0.171 e. The van der Waals surface area contributed by atoms with Gasteiger partial charge in [-0.1, -0.05) is 41.6 Å². The average Bonchev–Trinajstić information content (AvgIpc) is 2.81. The molecule has 0 unspecified atom stereocenters. The maximum Gasteiger partial charge on any atom is 0.171 e. The van der Waals surface area contributed by atoms with Crippen LogP contribution in [0.15, 0.2) is 52.5 Å². The fourth-order valence-corrected chi connectivity index (χ4v) is 3.01. The van der Waals surface area contributed by atoms with E-state index in [-0.39, 0.29) is 0 Å². The van der Waals surface area contributed by atoms with Crippen LogP contribution in [0.3, 0.4) is 0 Å². The second-order valence-electron chi connectivity index (χ2n) is 3.93. The Kier molecular flexibility index (Phi) is 3.27. The molecule has 0 bridgehead atoms. The molecular formula is C14H9ClN2OS. The van der Waals surface area contributed by atoms with Gasteiger partial charge in [0.05, 0.1) is 16.1 Å². The van der Waals surface area contributed by atoms with Gasteiger partial charge in [0.2, 0.25) is 0 Å². The lowest BCUT2D eigenvalue weighted by Gasteiger charge is -2.03. The van der Waals surface area contributed by atoms with Crippen LogP contribution in [0.2, 0.25) is 5.02 Å². The predicted octanol–water partition coefficient (Wildman–Crippen LogP) is 4.18. The Morgan fingerprint density at radius 1 is 1.16 bits per heavy atom. The van der Waals surface area contributed by atoms with Crippen LogP contribution >= 0.6 is 23.4 Å². The van der Waals surface area contributed by atoms with Crippen molar-refractivity contribution in [1.29, 1.82) is 0 Å². The molecule has 0 amide bonds. The van der Waals surface area contributed by atoms with Gasteiger partial charge in [0, 0.05) is 10.5 Å². The molecule has 1 N–H and O–H groups in total. The summed E-state index contributed by atoms with van der Waals surface area (Å²) in [5, 5.41) is 1.20. The topological polar surface area (TPSA) is 45.8 Å². The van der Waals surface area contributed by atoms with E-state index in [0.717, 1.165) is 27.4 Å². The van der Waals surface area contributed by atoms with Crippen molar-refractivity contribution < 1.29 is 4.79 Å². The van der Waals surface area contributed by atoms with Crippen LogP contribution in [-0.2, 0) is 0 Å². The standard InChI is InChI=1S/C14H9ClN2OS/c15-10-4-3-7-13(9(10)8-18)19-14-16-11-5-1-2-6-12(11)17-14/h1-8H,(H,16,17). The zero-order chi connectivity index (χ0) is 13.2. The molecule has 94 valence electrons. The van der Waals surface area contributed by atoms with E-state index in [1.165, 1.54) is 11.8 Å². The summed E-state index contributed by atoms with van der Waals surface area (Å²) >= 11 is 7.40. The van der Waals surface area contributed by atoms with Crippen molar-refractivity contribution in [2.75, 3.05) is 0 Å². The van der Waals surface area contributed by atoms with E-state index >= 15 is 0 Å². The molecule has 3 rings (SSSR count). The number of hydrogen-bond donors (Lipinski definition) is 1. The molecule has 3 aromatic rings. The first-order chi connectivity index (χ1) is 9.28. The predicted molar refractivity (Wildman–Crippen MR) is 77.1 cm³/mol. The summed E-state index contributed by atoms with van der Waals surface area (Å²) < 4.78 is 0. The van der Waals surface area contributed by atoms with Gasteiger partial charge >= 0.3 is 0 Å². The van der Waals surface area contributed by atoms with E-state index in [4.69, 9.17) is 11.6 Å². The molecule has 3 nitrogen and oxygen atoms in total. The summed E-state index contributed by atoms with van der Waals surface area (Å²) in [5.41, 5.74) is 2.37. The van der Waals surface area contributed by atoms with E-state index in [0.29, 0.717) is 10.6 Å². The molecule has 1 aromatic heterocycles. The third kappa shape index (κ3) is 2.37. The number of aromatic nitrogens is 2. The largest absolute Gasteiger partial charge is 0.333 e. The number of carbonyl (C=O) groups excluding carboxylic acids is 1. The van der Waals surface area contributed by atoms with E-state index in [9.17, 15) is 4.79 Å². The molecular weight excluding hydrogens is 280 g/mol. The molecule has 0 atom stereocenters. The number of nitrogens with zero attached hydrogens (tertiary/aromatic N) is 1. The van der Waals surface area contributed by atoms with Crippen LogP contribution in [0.25, 0.3) is 11.0 Å². The highest BCUT2D eigenvalue weighted by Crippen LogP contribution is 2.32. The van der Waals surface area contributed by atoms with Gasteiger partial charge in [0.25, 0.3) is 0 Å². The first-order valence-electron chi connectivity index (χ1n) is 5.64. The number of hydrogen-bond acceptors (Lipinski definition) is 3. The van der Waals surface area contributed by atoms with E-state index in [1.807, 2.05) is 36.4 Å². The molecule has 0 aliphatic carbocycles. The molecule has 0 saturated heterocycles. The zero-order valence-corrected chi connectivity index (χ0v) is 11.3. The summed E-state index contributed by atoms with van der Waals surface area (Å²) in [6.45, 7) is 0. The molecule has 0 aliphatic rings. The Morgan fingerprint density at radius 2 is 2.00 bits per heavy atom. The molecule has 0 radical (unpaired) electrons. The van der Waals surface area contributed by atoms with Crippen molar-refractivity contribution in [3.63, 3.8) is 0 Å². The van der Waals surface area contributed by atoms with Crippen LogP contribution in [0, 0.1) is 0 Å².